The van der Waals surface area contributed by atoms with Gasteiger partial charge in [0.25, 0.3) is 0 Å². The number of hydrogen-bond acceptors (Lipinski definition) is 5. The smallest absolute Gasteiger partial charge is 0.134 e. The summed E-state index contributed by atoms with van der Waals surface area (Å²) < 4.78 is 5.99. The molecule has 0 bridgehead atoms. The standard InChI is InChI=1S/C23H28N4O/c1-18-3-5-20(6-4-18)22-8-7-21(28-22)17-24-16-19-9-10-25-23(15-19)27-13-11-26(2)12-14-27/h3-10,15,24H,11-14,16-17H2,1-2H3. The monoisotopic (exact) mass is 376 g/mol. The minimum absolute atomic E-state index is 0.706. The molecule has 0 amide bonds. The zero-order valence-corrected chi connectivity index (χ0v) is 16.7. The minimum atomic E-state index is 0.706. The van der Waals surface area contributed by atoms with Crippen LogP contribution in [-0.2, 0) is 13.1 Å². The van der Waals surface area contributed by atoms with E-state index in [4.69, 9.17) is 4.42 Å². The van der Waals surface area contributed by atoms with Crippen LogP contribution in [0.25, 0.3) is 11.3 Å². The Balaban J connectivity index is 1.32. The summed E-state index contributed by atoms with van der Waals surface area (Å²) >= 11 is 0. The van der Waals surface area contributed by atoms with E-state index in [1.165, 1.54) is 11.1 Å². The lowest BCUT2D eigenvalue weighted by atomic mass is 10.1. The molecule has 0 unspecified atom stereocenters. The molecular formula is C23H28N4O. The van der Waals surface area contributed by atoms with E-state index in [0.717, 1.165) is 55.6 Å². The van der Waals surface area contributed by atoms with Crippen LogP contribution < -0.4 is 10.2 Å². The van der Waals surface area contributed by atoms with E-state index in [1.807, 2.05) is 18.3 Å². The van der Waals surface area contributed by atoms with E-state index in [9.17, 15) is 0 Å². The number of nitrogens with zero attached hydrogens (tertiary/aromatic N) is 3. The lowest BCUT2D eigenvalue weighted by molar-refractivity contribution is 0.312. The van der Waals surface area contributed by atoms with Gasteiger partial charge in [-0.15, -0.1) is 0 Å². The fourth-order valence-electron chi connectivity index (χ4n) is 3.45. The van der Waals surface area contributed by atoms with Gasteiger partial charge < -0.3 is 19.5 Å². The highest BCUT2D eigenvalue weighted by molar-refractivity contribution is 5.57. The van der Waals surface area contributed by atoms with Gasteiger partial charge >= 0.3 is 0 Å². The van der Waals surface area contributed by atoms with Crippen LogP contribution in [0.4, 0.5) is 5.82 Å². The average molecular weight is 377 g/mol. The van der Waals surface area contributed by atoms with Crippen molar-refractivity contribution in [3.63, 3.8) is 0 Å². The first-order valence-electron chi connectivity index (χ1n) is 9.92. The molecule has 1 aliphatic heterocycles. The van der Waals surface area contributed by atoms with Gasteiger partial charge in [-0.05, 0) is 43.8 Å². The highest BCUT2D eigenvalue weighted by atomic mass is 16.3. The number of likely N-dealkylation sites (N-methyl/N-ethyl adjacent to an activating group) is 1. The number of benzene rings is 1. The van der Waals surface area contributed by atoms with Crippen LogP contribution in [0.5, 0.6) is 0 Å². The first-order valence-corrected chi connectivity index (χ1v) is 9.92. The third-order valence-electron chi connectivity index (χ3n) is 5.26. The second kappa shape index (κ2) is 8.59. The third kappa shape index (κ3) is 4.61. The summed E-state index contributed by atoms with van der Waals surface area (Å²) in [6.45, 7) is 7.85. The maximum absolute atomic E-state index is 5.99. The molecule has 0 atom stereocenters. The molecule has 5 heteroatoms. The summed E-state index contributed by atoms with van der Waals surface area (Å²) in [5, 5.41) is 3.48. The molecule has 28 heavy (non-hydrogen) atoms. The minimum Gasteiger partial charge on any atom is -0.460 e. The van der Waals surface area contributed by atoms with Crippen molar-refractivity contribution in [3.05, 3.63) is 71.6 Å². The van der Waals surface area contributed by atoms with Crippen molar-refractivity contribution in [3.8, 4) is 11.3 Å². The number of furan rings is 1. The molecule has 1 saturated heterocycles. The van der Waals surface area contributed by atoms with Crippen molar-refractivity contribution >= 4 is 5.82 Å². The maximum atomic E-state index is 5.99. The predicted octanol–water partition coefficient (Wildman–Crippen LogP) is 3.69. The van der Waals surface area contributed by atoms with Crippen LogP contribution in [-0.4, -0.2) is 43.1 Å². The van der Waals surface area contributed by atoms with E-state index in [1.54, 1.807) is 0 Å². The zero-order chi connectivity index (χ0) is 19.3. The second-order valence-corrected chi connectivity index (χ2v) is 7.55. The summed E-state index contributed by atoms with van der Waals surface area (Å²) in [5.74, 6) is 2.94. The summed E-state index contributed by atoms with van der Waals surface area (Å²) in [4.78, 5) is 9.28. The van der Waals surface area contributed by atoms with Gasteiger partial charge in [-0.1, -0.05) is 29.8 Å². The number of aryl methyl sites for hydroxylation is 1. The fourth-order valence-corrected chi connectivity index (χ4v) is 3.45. The topological polar surface area (TPSA) is 44.5 Å². The zero-order valence-electron chi connectivity index (χ0n) is 16.7. The Morgan fingerprint density at radius 3 is 2.54 bits per heavy atom. The van der Waals surface area contributed by atoms with Gasteiger partial charge in [-0.25, -0.2) is 4.98 Å². The van der Waals surface area contributed by atoms with Gasteiger partial charge in [0.05, 0.1) is 6.54 Å². The van der Waals surface area contributed by atoms with Crippen LogP contribution in [0, 0.1) is 6.92 Å². The molecule has 0 radical (unpaired) electrons. The number of nitrogens with one attached hydrogen (secondary N) is 1. The Bertz CT molecular complexity index is 895. The molecule has 1 aromatic carbocycles. The molecule has 0 aliphatic carbocycles. The lowest BCUT2D eigenvalue weighted by Gasteiger charge is -2.33. The third-order valence-corrected chi connectivity index (χ3v) is 5.26. The molecule has 2 aromatic heterocycles. The molecule has 1 N–H and O–H groups in total. The highest BCUT2D eigenvalue weighted by Crippen LogP contribution is 2.22. The number of piperazine rings is 1. The van der Waals surface area contributed by atoms with Crippen molar-refractivity contribution < 1.29 is 4.42 Å². The van der Waals surface area contributed by atoms with Crippen LogP contribution in [0.3, 0.4) is 0 Å². The van der Waals surface area contributed by atoms with Gasteiger partial charge in [0.2, 0.25) is 0 Å². The molecule has 3 heterocycles. The first-order chi connectivity index (χ1) is 13.7. The van der Waals surface area contributed by atoms with E-state index >= 15 is 0 Å². The Morgan fingerprint density at radius 2 is 1.75 bits per heavy atom. The van der Waals surface area contributed by atoms with E-state index in [-0.39, 0.29) is 0 Å². The molecule has 0 saturated carbocycles. The van der Waals surface area contributed by atoms with Crippen molar-refractivity contribution in [2.45, 2.75) is 20.0 Å². The molecule has 146 valence electrons. The van der Waals surface area contributed by atoms with Crippen LogP contribution >= 0.6 is 0 Å². The maximum Gasteiger partial charge on any atom is 0.134 e. The predicted molar refractivity (Wildman–Crippen MR) is 113 cm³/mol. The normalized spacial score (nSPS) is 15.1. The van der Waals surface area contributed by atoms with Gasteiger partial charge in [-0.2, -0.15) is 0 Å². The van der Waals surface area contributed by atoms with Crippen LogP contribution in [0.1, 0.15) is 16.9 Å². The number of pyridine rings is 1. The number of aromatic nitrogens is 1. The lowest BCUT2D eigenvalue weighted by Crippen LogP contribution is -2.44. The largest absolute Gasteiger partial charge is 0.460 e. The van der Waals surface area contributed by atoms with Gasteiger partial charge in [-0.3, -0.25) is 0 Å². The van der Waals surface area contributed by atoms with Crippen molar-refractivity contribution in [1.29, 1.82) is 0 Å². The summed E-state index contributed by atoms with van der Waals surface area (Å²) in [5.41, 5.74) is 3.61. The summed E-state index contributed by atoms with van der Waals surface area (Å²) in [7, 11) is 2.17. The summed E-state index contributed by atoms with van der Waals surface area (Å²) in [6, 6.07) is 16.8. The average Bonchev–Trinajstić information content (AvgIpc) is 3.18. The van der Waals surface area contributed by atoms with Crippen LogP contribution in [0.15, 0.2) is 59.1 Å². The van der Waals surface area contributed by atoms with Gasteiger partial charge in [0, 0.05) is 44.5 Å². The molecule has 5 nitrogen and oxygen atoms in total. The van der Waals surface area contributed by atoms with Gasteiger partial charge in [0.15, 0.2) is 0 Å². The summed E-state index contributed by atoms with van der Waals surface area (Å²) in [6.07, 6.45) is 1.91. The highest BCUT2D eigenvalue weighted by Gasteiger charge is 2.15. The molecular weight excluding hydrogens is 348 g/mol. The Morgan fingerprint density at radius 1 is 0.964 bits per heavy atom. The molecule has 0 spiro atoms. The number of anilines is 1. The fraction of sp³-hybridized carbons (Fsp3) is 0.348. The van der Waals surface area contributed by atoms with Crippen LogP contribution in [0.2, 0.25) is 0 Å². The Hall–Kier alpha value is -2.63. The SMILES string of the molecule is Cc1ccc(-c2ccc(CNCc3ccnc(N4CCN(C)CC4)c3)o2)cc1. The number of hydrogen-bond donors (Lipinski definition) is 1. The Labute approximate surface area is 167 Å². The molecule has 4 rings (SSSR count). The van der Waals surface area contributed by atoms with Crippen molar-refractivity contribution in [1.82, 2.24) is 15.2 Å². The molecule has 1 fully saturated rings. The van der Waals surface area contributed by atoms with E-state index in [2.05, 4.69) is 70.5 Å². The second-order valence-electron chi connectivity index (χ2n) is 7.55. The van der Waals surface area contributed by atoms with Crippen molar-refractivity contribution in [2.75, 3.05) is 38.1 Å². The van der Waals surface area contributed by atoms with Crippen molar-refractivity contribution in [2.24, 2.45) is 0 Å². The van der Waals surface area contributed by atoms with E-state index < -0.39 is 0 Å². The number of rotatable bonds is 6. The molecule has 1 aliphatic rings. The quantitative estimate of drug-likeness (QED) is 0.711. The first kappa shape index (κ1) is 18.7. The van der Waals surface area contributed by atoms with Gasteiger partial charge in [0.1, 0.15) is 17.3 Å². The molecule has 3 aromatic rings. The Kier molecular flexibility index (Phi) is 5.74. The van der Waals surface area contributed by atoms with E-state index in [0.29, 0.717) is 6.54 Å².